The summed E-state index contributed by atoms with van der Waals surface area (Å²) in [6.45, 7) is 8.00. The Kier molecular flexibility index (Phi) is 10.6. The molecule has 1 aromatic heterocycles. The molecular formula is C21H27N3O6S2. The van der Waals surface area contributed by atoms with Gasteiger partial charge in [-0.05, 0) is 12.1 Å². The number of aromatic nitrogens is 1. The fourth-order valence-electron chi connectivity index (χ4n) is 2.39. The lowest BCUT2D eigenvalue weighted by Gasteiger charge is -2.10. The molecule has 3 aromatic rings. The number of benzene rings is 2. The molecule has 1 N–H and O–H groups in total. The van der Waals surface area contributed by atoms with E-state index in [-0.39, 0.29) is 21.5 Å². The van der Waals surface area contributed by atoms with Crippen molar-refractivity contribution in [3.8, 4) is 22.8 Å². The van der Waals surface area contributed by atoms with Gasteiger partial charge in [0.05, 0.1) is 29.7 Å². The van der Waals surface area contributed by atoms with Crippen LogP contribution in [-0.4, -0.2) is 32.5 Å². The number of rotatable bonds is 7. The second kappa shape index (κ2) is 12.6. The van der Waals surface area contributed by atoms with Crippen LogP contribution in [0.5, 0.6) is 11.5 Å². The predicted octanol–water partition coefficient (Wildman–Crippen LogP) is 5.59. The zero-order valence-electron chi connectivity index (χ0n) is 18.8. The fraction of sp³-hybridized carbons (Fsp3) is 0.286. The van der Waals surface area contributed by atoms with Gasteiger partial charge in [0, 0.05) is 29.1 Å². The highest BCUT2D eigenvalue weighted by atomic mass is 32.2. The van der Waals surface area contributed by atoms with Gasteiger partial charge in [0.15, 0.2) is 16.6 Å². The van der Waals surface area contributed by atoms with Crippen LogP contribution in [0.15, 0.2) is 52.7 Å². The van der Waals surface area contributed by atoms with E-state index in [1.807, 2.05) is 27.7 Å². The minimum atomic E-state index is -3.91. The van der Waals surface area contributed by atoms with Crippen molar-refractivity contribution in [3.05, 3.63) is 58.0 Å². The minimum absolute atomic E-state index is 0.0164. The summed E-state index contributed by atoms with van der Waals surface area (Å²) in [5.41, 5.74) is 0.874. The Labute approximate surface area is 192 Å². The molecule has 9 nitrogen and oxygen atoms in total. The first-order valence-electron chi connectivity index (χ1n) is 9.79. The Morgan fingerprint density at radius 1 is 1.00 bits per heavy atom. The van der Waals surface area contributed by atoms with E-state index in [1.165, 1.54) is 44.6 Å². The number of non-ortho nitro benzene ring substituents is 1. The van der Waals surface area contributed by atoms with Crippen LogP contribution in [0.3, 0.4) is 0 Å². The monoisotopic (exact) mass is 481 g/mol. The van der Waals surface area contributed by atoms with Gasteiger partial charge in [-0.15, -0.1) is 11.3 Å². The lowest BCUT2D eigenvalue weighted by molar-refractivity contribution is -0.384. The maximum atomic E-state index is 12.6. The second-order valence-electron chi connectivity index (χ2n) is 5.47. The number of ether oxygens (including phenoxy) is 2. The molecule has 0 bridgehead atoms. The minimum Gasteiger partial charge on any atom is -0.493 e. The Morgan fingerprint density at radius 2 is 1.66 bits per heavy atom. The number of anilines is 1. The smallest absolute Gasteiger partial charge is 0.270 e. The van der Waals surface area contributed by atoms with Crippen LogP contribution < -0.4 is 14.2 Å². The van der Waals surface area contributed by atoms with Crippen molar-refractivity contribution in [2.75, 3.05) is 18.9 Å². The van der Waals surface area contributed by atoms with Crippen molar-refractivity contribution in [2.24, 2.45) is 0 Å². The van der Waals surface area contributed by atoms with E-state index in [9.17, 15) is 18.5 Å². The van der Waals surface area contributed by atoms with Crippen LogP contribution >= 0.6 is 11.3 Å². The normalized spacial score (nSPS) is 10.1. The van der Waals surface area contributed by atoms with Gasteiger partial charge in [0.2, 0.25) is 0 Å². The lowest BCUT2D eigenvalue weighted by atomic mass is 10.1. The second-order valence-corrected chi connectivity index (χ2v) is 8.01. The maximum absolute atomic E-state index is 12.6. The summed E-state index contributed by atoms with van der Waals surface area (Å²) in [6, 6.07) is 10.2. The molecule has 1 heterocycles. The van der Waals surface area contributed by atoms with Crippen LogP contribution in [0.25, 0.3) is 11.3 Å². The van der Waals surface area contributed by atoms with Crippen LogP contribution in [0.2, 0.25) is 0 Å². The van der Waals surface area contributed by atoms with E-state index in [2.05, 4.69) is 9.71 Å². The molecule has 0 unspecified atom stereocenters. The number of hydrogen-bond donors (Lipinski definition) is 1. The van der Waals surface area contributed by atoms with Crippen molar-refractivity contribution in [3.63, 3.8) is 0 Å². The fourth-order valence-corrected chi connectivity index (χ4v) is 4.38. The number of nitrogens with zero attached hydrogens (tertiary/aromatic N) is 2. The Morgan fingerprint density at radius 3 is 2.25 bits per heavy atom. The molecular weight excluding hydrogens is 454 g/mol. The van der Waals surface area contributed by atoms with E-state index in [0.717, 1.165) is 11.3 Å². The first-order valence-corrected chi connectivity index (χ1v) is 12.2. The molecule has 0 saturated heterocycles. The van der Waals surface area contributed by atoms with Crippen molar-refractivity contribution in [1.29, 1.82) is 0 Å². The molecule has 0 radical (unpaired) electrons. The third kappa shape index (κ3) is 6.66. The molecule has 0 fully saturated rings. The van der Waals surface area contributed by atoms with Gasteiger partial charge in [-0.2, -0.15) is 0 Å². The van der Waals surface area contributed by atoms with E-state index in [1.54, 1.807) is 17.5 Å². The number of nitrogens with one attached hydrogen (secondary N) is 1. The topological polar surface area (TPSA) is 121 Å². The molecule has 11 heteroatoms. The Hall–Kier alpha value is -3.18. The Balaban J connectivity index is 0.00000121. The van der Waals surface area contributed by atoms with Crippen LogP contribution in [-0.2, 0) is 10.0 Å². The molecule has 0 amide bonds. The van der Waals surface area contributed by atoms with Crippen molar-refractivity contribution >= 4 is 32.2 Å². The predicted molar refractivity (Wildman–Crippen MR) is 127 cm³/mol. The molecule has 174 valence electrons. The van der Waals surface area contributed by atoms with E-state index < -0.39 is 14.9 Å². The lowest BCUT2D eigenvalue weighted by Crippen LogP contribution is -2.13. The molecule has 3 rings (SSSR count). The van der Waals surface area contributed by atoms with Gasteiger partial charge in [0.25, 0.3) is 15.7 Å². The van der Waals surface area contributed by atoms with Gasteiger partial charge in [0.1, 0.15) is 0 Å². The third-order valence-electron chi connectivity index (χ3n) is 3.74. The molecule has 2 aromatic carbocycles. The first kappa shape index (κ1) is 26.9. The summed E-state index contributed by atoms with van der Waals surface area (Å²) in [7, 11) is -1.04. The summed E-state index contributed by atoms with van der Waals surface area (Å²) in [6.07, 6.45) is 0. The number of hydrogen-bond acceptors (Lipinski definition) is 8. The molecule has 0 spiro atoms. The summed E-state index contributed by atoms with van der Waals surface area (Å²) in [5.74, 6) is 0.686. The number of sulfonamides is 1. The van der Waals surface area contributed by atoms with Crippen LogP contribution in [0, 0.1) is 10.1 Å². The maximum Gasteiger partial charge on any atom is 0.270 e. The molecule has 0 aliphatic heterocycles. The Bertz CT molecular complexity index is 1130. The number of methoxy groups -OCH3 is 2. The summed E-state index contributed by atoms with van der Waals surface area (Å²) < 4.78 is 37.9. The average molecular weight is 482 g/mol. The van der Waals surface area contributed by atoms with E-state index >= 15 is 0 Å². The highest BCUT2D eigenvalue weighted by Crippen LogP contribution is 2.32. The van der Waals surface area contributed by atoms with Gasteiger partial charge in [-0.25, -0.2) is 13.4 Å². The zero-order valence-corrected chi connectivity index (χ0v) is 20.4. The van der Waals surface area contributed by atoms with E-state index in [0.29, 0.717) is 17.0 Å². The number of thiazole rings is 1. The van der Waals surface area contributed by atoms with Crippen molar-refractivity contribution < 1.29 is 22.8 Å². The molecule has 0 saturated carbocycles. The van der Waals surface area contributed by atoms with E-state index in [4.69, 9.17) is 9.47 Å². The van der Waals surface area contributed by atoms with Gasteiger partial charge in [-0.1, -0.05) is 39.8 Å². The molecule has 0 aliphatic carbocycles. The van der Waals surface area contributed by atoms with Crippen LogP contribution in [0.4, 0.5) is 10.8 Å². The van der Waals surface area contributed by atoms with Crippen LogP contribution in [0.1, 0.15) is 27.7 Å². The number of nitro benzene ring substituents is 1. The first-order chi connectivity index (χ1) is 15.3. The highest BCUT2D eigenvalue weighted by molar-refractivity contribution is 7.93. The van der Waals surface area contributed by atoms with Crippen molar-refractivity contribution in [2.45, 2.75) is 32.6 Å². The van der Waals surface area contributed by atoms with Gasteiger partial charge >= 0.3 is 0 Å². The molecule has 0 aliphatic rings. The summed E-state index contributed by atoms with van der Waals surface area (Å²) in [4.78, 5) is 14.6. The van der Waals surface area contributed by atoms with Crippen molar-refractivity contribution in [1.82, 2.24) is 4.98 Å². The largest absolute Gasteiger partial charge is 0.493 e. The quantitative estimate of drug-likeness (QED) is 0.345. The standard InChI is InChI=1S/C17H15N3O6S2.2C2H6/c1-25-15-7-6-13(9-16(15)26-2)28(23,24)19-17-18-14(10-27-17)11-4-3-5-12(8-11)20(21)22;2*1-2/h3-10H,1-2H3,(H,18,19);2*1-2H3. The summed E-state index contributed by atoms with van der Waals surface area (Å²) >= 11 is 1.07. The zero-order chi connectivity index (χ0) is 24.3. The molecule has 0 atom stereocenters. The molecule has 32 heavy (non-hydrogen) atoms. The SMILES string of the molecule is CC.CC.COc1ccc(S(=O)(=O)Nc2nc(-c3cccc([N+](=O)[O-])c3)cs2)cc1OC. The third-order valence-corrected chi connectivity index (χ3v) is 5.97. The number of nitro groups is 1. The van der Waals surface area contributed by atoms with Gasteiger partial charge < -0.3 is 9.47 Å². The average Bonchev–Trinajstić information content (AvgIpc) is 3.29. The van der Waals surface area contributed by atoms with Gasteiger partial charge in [-0.3, -0.25) is 14.8 Å². The summed E-state index contributed by atoms with van der Waals surface area (Å²) in [5, 5.41) is 12.7. The highest BCUT2D eigenvalue weighted by Gasteiger charge is 2.19.